The summed E-state index contributed by atoms with van der Waals surface area (Å²) in [6.45, 7) is 5.36. The van der Waals surface area contributed by atoms with E-state index in [0.29, 0.717) is 22.3 Å². The maximum absolute atomic E-state index is 13.0. The van der Waals surface area contributed by atoms with Crippen LogP contribution < -0.4 is 19.7 Å². The summed E-state index contributed by atoms with van der Waals surface area (Å²) in [5.41, 5.74) is 2.49. The van der Waals surface area contributed by atoms with Crippen molar-refractivity contribution in [3.05, 3.63) is 48.2 Å². The summed E-state index contributed by atoms with van der Waals surface area (Å²) in [5, 5.41) is 3.63. The molecular weight excluding hydrogens is 436 g/mol. The average Bonchev–Trinajstić information content (AvgIpc) is 3.22. The molecule has 2 heterocycles. The second-order valence-corrected chi connectivity index (χ2v) is 8.02. The minimum absolute atomic E-state index is 0.188. The molecule has 0 unspecified atom stereocenters. The van der Waals surface area contributed by atoms with Crippen molar-refractivity contribution in [1.82, 2.24) is 9.88 Å². The molecule has 4 rings (SSSR count). The summed E-state index contributed by atoms with van der Waals surface area (Å²) in [7, 11) is 3.23. The minimum atomic E-state index is -0.513. The molecule has 1 aromatic heterocycles. The Morgan fingerprint density at radius 1 is 0.971 bits per heavy atom. The number of amides is 1. The van der Waals surface area contributed by atoms with Crippen LogP contribution in [0, 0.1) is 0 Å². The number of H-pyrrole nitrogens is 1. The van der Waals surface area contributed by atoms with E-state index in [1.54, 1.807) is 33.3 Å². The number of nitrogens with zero attached hydrogens (tertiary/aromatic N) is 2. The van der Waals surface area contributed by atoms with Crippen LogP contribution in [0.1, 0.15) is 17.4 Å². The predicted octanol–water partition coefficient (Wildman–Crippen LogP) is 3.12. The first kappa shape index (κ1) is 23.4. The molecule has 1 saturated heterocycles. The van der Waals surface area contributed by atoms with Crippen LogP contribution in [0.4, 0.5) is 11.4 Å². The number of piperazine rings is 1. The number of hydrogen-bond donors (Lipinski definition) is 2. The molecule has 0 saturated carbocycles. The van der Waals surface area contributed by atoms with Gasteiger partial charge in [0.2, 0.25) is 5.91 Å². The zero-order valence-electron chi connectivity index (χ0n) is 19.7. The fourth-order valence-corrected chi connectivity index (χ4v) is 4.12. The molecular formula is C25H30N4O5. The van der Waals surface area contributed by atoms with Gasteiger partial charge in [-0.3, -0.25) is 9.69 Å². The maximum Gasteiger partial charge on any atom is 0.356 e. The summed E-state index contributed by atoms with van der Waals surface area (Å²) in [5.74, 6) is 0.761. The highest BCUT2D eigenvalue weighted by Gasteiger charge is 2.24. The van der Waals surface area contributed by atoms with E-state index in [4.69, 9.17) is 14.2 Å². The van der Waals surface area contributed by atoms with Gasteiger partial charge in [0, 0.05) is 42.8 Å². The van der Waals surface area contributed by atoms with E-state index in [1.165, 1.54) is 0 Å². The van der Waals surface area contributed by atoms with Crippen LogP contribution >= 0.6 is 0 Å². The molecule has 1 amide bonds. The molecule has 0 bridgehead atoms. The number of nitrogens with one attached hydrogen (secondary N) is 2. The number of carbonyl (C=O) groups excluding carboxylic acids is 2. The predicted molar refractivity (Wildman–Crippen MR) is 131 cm³/mol. The number of esters is 1. The minimum Gasteiger partial charge on any atom is -0.497 e. The average molecular weight is 467 g/mol. The van der Waals surface area contributed by atoms with Gasteiger partial charge in [-0.1, -0.05) is 0 Å². The number of ether oxygens (including phenoxy) is 3. The lowest BCUT2D eigenvalue weighted by Crippen LogP contribution is -2.48. The highest BCUT2D eigenvalue weighted by atomic mass is 16.5. The molecule has 0 spiro atoms. The normalized spacial score (nSPS) is 14.1. The van der Waals surface area contributed by atoms with Crippen molar-refractivity contribution in [2.24, 2.45) is 0 Å². The van der Waals surface area contributed by atoms with Gasteiger partial charge in [0.15, 0.2) is 0 Å². The molecule has 0 radical (unpaired) electrons. The molecule has 9 heteroatoms. The third kappa shape index (κ3) is 5.09. The molecule has 2 aromatic carbocycles. The van der Waals surface area contributed by atoms with Gasteiger partial charge < -0.3 is 29.4 Å². The first-order valence-corrected chi connectivity index (χ1v) is 11.3. The van der Waals surface area contributed by atoms with Gasteiger partial charge in [-0.25, -0.2) is 4.79 Å². The number of methoxy groups -OCH3 is 2. The van der Waals surface area contributed by atoms with Crippen LogP contribution in [0.15, 0.2) is 42.5 Å². The second-order valence-electron chi connectivity index (χ2n) is 8.02. The Balaban J connectivity index is 1.43. The largest absolute Gasteiger partial charge is 0.497 e. The number of rotatable bonds is 8. The van der Waals surface area contributed by atoms with Crippen molar-refractivity contribution in [1.29, 1.82) is 0 Å². The lowest BCUT2D eigenvalue weighted by molar-refractivity contribution is -0.117. The van der Waals surface area contributed by atoms with Crippen molar-refractivity contribution < 1.29 is 23.8 Å². The Morgan fingerprint density at radius 3 is 2.29 bits per heavy atom. The third-order valence-corrected chi connectivity index (χ3v) is 5.93. The second kappa shape index (κ2) is 10.5. The number of benzene rings is 2. The Morgan fingerprint density at radius 2 is 1.65 bits per heavy atom. The van der Waals surface area contributed by atoms with Gasteiger partial charge in [0.1, 0.15) is 17.2 Å². The number of fused-ring (bicyclic) bond motifs is 1. The number of anilines is 2. The van der Waals surface area contributed by atoms with Crippen molar-refractivity contribution in [3.8, 4) is 11.5 Å². The summed E-state index contributed by atoms with van der Waals surface area (Å²) in [6.07, 6.45) is 0. The summed E-state index contributed by atoms with van der Waals surface area (Å²) in [6, 6.07) is 13.4. The molecule has 180 valence electrons. The van der Waals surface area contributed by atoms with Gasteiger partial charge in [-0.2, -0.15) is 0 Å². The van der Waals surface area contributed by atoms with Crippen LogP contribution in [0.25, 0.3) is 10.9 Å². The van der Waals surface area contributed by atoms with Crippen LogP contribution in [-0.4, -0.2) is 75.3 Å². The standard InChI is InChI=1S/C25H30N4O5/c1-4-34-25(31)24-23(20-15-19(33-3)9-10-21(20)26-24)27-22(30)16-28-11-13-29(14-12-28)17-5-7-18(32-2)8-6-17/h5-10,15,26H,4,11-14,16H2,1-3H3,(H,27,30). The van der Waals surface area contributed by atoms with Gasteiger partial charge in [-0.05, 0) is 49.4 Å². The van der Waals surface area contributed by atoms with Gasteiger partial charge >= 0.3 is 5.97 Å². The number of carbonyl (C=O) groups is 2. The molecule has 34 heavy (non-hydrogen) atoms. The number of aromatic nitrogens is 1. The molecule has 9 nitrogen and oxygen atoms in total. The Kier molecular flexibility index (Phi) is 7.22. The first-order valence-electron chi connectivity index (χ1n) is 11.3. The van der Waals surface area contributed by atoms with Crippen LogP contribution in [-0.2, 0) is 9.53 Å². The fraction of sp³-hybridized carbons (Fsp3) is 0.360. The zero-order chi connectivity index (χ0) is 24.1. The highest BCUT2D eigenvalue weighted by Crippen LogP contribution is 2.31. The smallest absolute Gasteiger partial charge is 0.356 e. The maximum atomic E-state index is 13.0. The number of hydrogen-bond acceptors (Lipinski definition) is 7. The van der Waals surface area contributed by atoms with E-state index in [2.05, 4.69) is 20.1 Å². The van der Waals surface area contributed by atoms with Crippen molar-refractivity contribution in [3.63, 3.8) is 0 Å². The monoisotopic (exact) mass is 466 g/mol. The van der Waals surface area contributed by atoms with Crippen molar-refractivity contribution in [2.75, 3.05) is 63.8 Å². The van der Waals surface area contributed by atoms with E-state index in [1.807, 2.05) is 30.3 Å². The number of aromatic amines is 1. The lowest BCUT2D eigenvalue weighted by Gasteiger charge is -2.35. The van der Waals surface area contributed by atoms with Crippen molar-refractivity contribution in [2.45, 2.75) is 6.92 Å². The fourth-order valence-electron chi connectivity index (χ4n) is 4.12. The Bertz CT molecular complexity index is 1150. The van der Waals surface area contributed by atoms with E-state index >= 15 is 0 Å². The molecule has 3 aromatic rings. The van der Waals surface area contributed by atoms with Crippen LogP contribution in [0.5, 0.6) is 11.5 Å². The molecule has 2 N–H and O–H groups in total. The third-order valence-electron chi connectivity index (χ3n) is 5.93. The lowest BCUT2D eigenvalue weighted by atomic mass is 10.2. The topological polar surface area (TPSA) is 96.1 Å². The first-order chi connectivity index (χ1) is 16.5. The summed E-state index contributed by atoms with van der Waals surface area (Å²) < 4.78 is 15.7. The quantitative estimate of drug-likeness (QED) is 0.493. The van der Waals surface area contributed by atoms with Gasteiger partial charge in [-0.15, -0.1) is 0 Å². The molecule has 1 aliphatic rings. The van der Waals surface area contributed by atoms with Gasteiger partial charge in [0.05, 0.1) is 33.1 Å². The summed E-state index contributed by atoms with van der Waals surface area (Å²) >= 11 is 0. The highest BCUT2D eigenvalue weighted by molar-refractivity contribution is 6.11. The van der Waals surface area contributed by atoms with E-state index in [-0.39, 0.29) is 24.8 Å². The molecule has 0 atom stereocenters. The van der Waals surface area contributed by atoms with Crippen LogP contribution in [0.2, 0.25) is 0 Å². The van der Waals surface area contributed by atoms with Crippen molar-refractivity contribution >= 4 is 34.2 Å². The van der Waals surface area contributed by atoms with E-state index in [0.717, 1.165) is 37.6 Å². The van der Waals surface area contributed by atoms with Gasteiger partial charge in [0.25, 0.3) is 0 Å². The van der Waals surface area contributed by atoms with E-state index in [9.17, 15) is 9.59 Å². The molecule has 0 aliphatic carbocycles. The Hall–Kier alpha value is -3.72. The SMILES string of the molecule is CCOC(=O)c1[nH]c2ccc(OC)cc2c1NC(=O)CN1CCN(c2ccc(OC)cc2)CC1. The molecule has 1 fully saturated rings. The zero-order valence-corrected chi connectivity index (χ0v) is 19.7. The summed E-state index contributed by atoms with van der Waals surface area (Å²) in [4.78, 5) is 32.9. The van der Waals surface area contributed by atoms with Crippen LogP contribution in [0.3, 0.4) is 0 Å². The Labute approximate surface area is 198 Å². The van der Waals surface area contributed by atoms with E-state index < -0.39 is 5.97 Å². The molecule has 1 aliphatic heterocycles.